The molecule has 0 fully saturated rings. The van der Waals surface area contributed by atoms with Crippen LogP contribution in [0.3, 0.4) is 0 Å². The number of carboxylic acid groups (broad SMARTS) is 1. The molecule has 0 atom stereocenters. The van der Waals surface area contributed by atoms with Gasteiger partial charge in [0.2, 0.25) is 0 Å². The summed E-state index contributed by atoms with van der Waals surface area (Å²) in [6, 6.07) is 0. The predicted molar refractivity (Wildman–Crippen MR) is 83.0 cm³/mol. The van der Waals surface area contributed by atoms with Crippen LogP contribution < -0.4 is 0 Å². The zero-order valence-corrected chi connectivity index (χ0v) is 13.2. The fraction of sp³-hybridized carbons (Fsp3) is 0.933. The van der Waals surface area contributed by atoms with Crippen molar-refractivity contribution in [3.63, 3.8) is 0 Å². The zero-order valence-electron chi connectivity index (χ0n) is 12.4. The highest BCUT2D eigenvalue weighted by Crippen LogP contribution is 2.12. The Morgan fingerprint density at radius 2 is 1.42 bits per heavy atom. The summed E-state index contributed by atoms with van der Waals surface area (Å²) < 4.78 is 5.00. The molecule has 0 amide bonds. The summed E-state index contributed by atoms with van der Waals surface area (Å²) in [5.41, 5.74) is 0. The maximum Gasteiger partial charge on any atom is 0.303 e. The van der Waals surface area contributed by atoms with Gasteiger partial charge in [-0.3, -0.25) is 4.79 Å². The van der Waals surface area contributed by atoms with E-state index in [9.17, 15) is 4.79 Å². The van der Waals surface area contributed by atoms with Crippen molar-refractivity contribution in [1.82, 2.24) is 0 Å². The fourth-order valence-electron chi connectivity index (χ4n) is 1.96. The molecule has 0 radical (unpaired) electrons. The molecule has 1 N–H and O–H groups in total. The molecule has 3 nitrogen and oxygen atoms in total. The molecule has 0 unspecified atom stereocenters. The third-order valence-corrected chi connectivity index (χ3v) is 4.14. The van der Waals surface area contributed by atoms with E-state index in [0.29, 0.717) is 6.42 Å². The summed E-state index contributed by atoms with van der Waals surface area (Å²) >= 11 is 1.98. The Morgan fingerprint density at radius 3 is 1.95 bits per heavy atom. The average Bonchev–Trinajstić information content (AvgIpc) is 2.39. The molecule has 19 heavy (non-hydrogen) atoms. The van der Waals surface area contributed by atoms with Gasteiger partial charge < -0.3 is 9.84 Å². The van der Waals surface area contributed by atoms with Crippen molar-refractivity contribution in [2.75, 3.05) is 25.2 Å². The summed E-state index contributed by atoms with van der Waals surface area (Å²) in [5, 5.41) is 8.50. The Bertz CT molecular complexity index is 198. The van der Waals surface area contributed by atoms with Crippen LogP contribution in [0, 0.1) is 0 Å². The van der Waals surface area contributed by atoms with E-state index in [0.717, 1.165) is 25.2 Å². The number of rotatable bonds is 15. The van der Waals surface area contributed by atoms with Crippen LogP contribution in [-0.4, -0.2) is 36.3 Å². The first-order valence-electron chi connectivity index (χ1n) is 7.56. The Labute approximate surface area is 122 Å². The summed E-state index contributed by atoms with van der Waals surface area (Å²) in [7, 11) is 1.75. The first kappa shape index (κ1) is 18.8. The standard InChI is InChI=1S/C15H30O3S/c1-18-12-14-19-13-10-8-6-4-2-3-5-7-9-11-15(16)17/h2-14H2,1H3,(H,16,17). The SMILES string of the molecule is COCCSCCCCCCCCCCCC(=O)O. The monoisotopic (exact) mass is 290 g/mol. The number of carbonyl (C=O) groups is 1. The molecule has 0 aromatic heterocycles. The van der Waals surface area contributed by atoms with Crippen LogP contribution in [0.1, 0.15) is 64.2 Å². The van der Waals surface area contributed by atoms with Gasteiger partial charge in [0.25, 0.3) is 0 Å². The van der Waals surface area contributed by atoms with E-state index in [1.165, 1.54) is 50.7 Å². The molecule has 0 aliphatic rings. The molecule has 0 spiro atoms. The molecular weight excluding hydrogens is 260 g/mol. The molecule has 0 aromatic rings. The van der Waals surface area contributed by atoms with Crippen molar-refractivity contribution in [1.29, 1.82) is 0 Å². The van der Waals surface area contributed by atoms with Crippen molar-refractivity contribution in [3.8, 4) is 0 Å². The van der Waals surface area contributed by atoms with E-state index in [4.69, 9.17) is 9.84 Å². The van der Waals surface area contributed by atoms with Crippen LogP contribution in [-0.2, 0) is 9.53 Å². The summed E-state index contributed by atoms with van der Waals surface area (Å²) in [5.74, 6) is 1.72. The molecule has 0 saturated carbocycles. The summed E-state index contributed by atoms with van der Waals surface area (Å²) in [4.78, 5) is 10.3. The highest BCUT2D eigenvalue weighted by molar-refractivity contribution is 7.99. The third-order valence-electron chi connectivity index (χ3n) is 3.11. The lowest BCUT2D eigenvalue weighted by Crippen LogP contribution is -1.93. The Hall–Kier alpha value is -0.220. The number of aliphatic carboxylic acids is 1. The summed E-state index contributed by atoms with van der Waals surface area (Å²) in [6.45, 7) is 0.868. The number of methoxy groups -OCH3 is 1. The van der Waals surface area contributed by atoms with Crippen LogP contribution in [0.25, 0.3) is 0 Å². The number of hydrogen-bond acceptors (Lipinski definition) is 3. The lowest BCUT2D eigenvalue weighted by molar-refractivity contribution is -0.137. The number of carboxylic acids is 1. The van der Waals surface area contributed by atoms with Crippen LogP contribution in [0.15, 0.2) is 0 Å². The first-order chi connectivity index (χ1) is 9.27. The van der Waals surface area contributed by atoms with Crippen LogP contribution in [0.2, 0.25) is 0 Å². The molecular formula is C15H30O3S. The van der Waals surface area contributed by atoms with Gasteiger partial charge in [0.15, 0.2) is 0 Å². The minimum Gasteiger partial charge on any atom is -0.481 e. The molecule has 0 bridgehead atoms. The fourth-order valence-corrected chi connectivity index (χ4v) is 2.86. The Balaban J connectivity index is 2.93. The molecule has 0 aliphatic carbocycles. The highest BCUT2D eigenvalue weighted by atomic mass is 32.2. The molecule has 0 aromatic carbocycles. The van der Waals surface area contributed by atoms with Crippen molar-refractivity contribution in [2.45, 2.75) is 64.2 Å². The molecule has 114 valence electrons. The van der Waals surface area contributed by atoms with E-state index in [1.807, 2.05) is 11.8 Å². The molecule has 0 heterocycles. The second kappa shape index (κ2) is 15.8. The normalized spacial score (nSPS) is 10.8. The smallest absolute Gasteiger partial charge is 0.303 e. The van der Waals surface area contributed by atoms with Gasteiger partial charge in [-0.2, -0.15) is 11.8 Å². The van der Waals surface area contributed by atoms with Crippen LogP contribution in [0.4, 0.5) is 0 Å². The number of ether oxygens (including phenoxy) is 1. The highest BCUT2D eigenvalue weighted by Gasteiger charge is 1.96. The number of unbranched alkanes of at least 4 members (excludes halogenated alkanes) is 8. The number of thioether (sulfide) groups is 1. The zero-order chi connectivity index (χ0) is 14.2. The van der Waals surface area contributed by atoms with Crippen molar-refractivity contribution in [2.24, 2.45) is 0 Å². The lowest BCUT2D eigenvalue weighted by atomic mass is 10.1. The van der Waals surface area contributed by atoms with E-state index < -0.39 is 5.97 Å². The second-order valence-corrected chi connectivity index (χ2v) is 6.16. The van der Waals surface area contributed by atoms with Crippen LogP contribution in [0.5, 0.6) is 0 Å². The summed E-state index contributed by atoms with van der Waals surface area (Å²) in [6.07, 6.45) is 11.4. The second-order valence-electron chi connectivity index (χ2n) is 4.93. The molecule has 0 saturated heterocycles. The van der Waals surface area contributed by atoms with Gasteiger partial charge in [0, 0.05) is 19.3 Å². The average molecular weight is 290 g/mol. The van der Waals surface area contributed by atoms with E-state index in [1.54, 1.807) is 7.11 Å². The minimum absolute atomic E-state index is 0.334. The van der Waals surface area contributed by atoms with Gasteiger partial charge in [-0.15, -0.1) is 0 Å². The van der Waals surface area contributed by atoms with Gasteiger partial charge >= 0.3 is 5.97 Å². The molecule has 0 aliphatic heterocycles. The van der Waals surface area contributed by atoms with E-state index in [-0.39, 0.29) is 0 Å². The van der Waals surface area contributed by atoms with Gasteiger partial charge in [-0.05, 0) is 18.6 Å². The van der Waals surface area contributed by atoms with E-state index in [2.05, 4.69) is 0 Å². The Morgan fingerprint density at radius 1 is 0.895 bits per heavy atom. The maximum atomic E-state index is 10.3. The van der Waals surface area contributed by atoms with E-state index >= 15 is 0 Å². The van der Waals surface area contributed by atoms with Crippen molar-refractivity contribution >= 4 is 17.7 Å². The maximum absolute atomic E-state index is 10.3. The lowest BCUT2D eigenvalue weighted by Gasteiger charge is -2.02. The van der Waals surface area contributed by atoms with Crippen molar-refractivity contribution < 1.29 is 14.6 Å². The Kier molecular flexibility index (Phi) is 15.7. The van der Waals surface area contributed by atoms with Gasteiger partial charge in [0.1, 0.15) is 0 Å². The van der Waals surface area contributed by atoms with Gasteiger partial charge in [-0.25, -0.2) is 0 Å². The minimum atomic E-state index is -0.664. The molecule has 0 rings (SSSR count). The first-order valence-corrected chi connectivity index (χ1v) is 8.71. The van der Waals surface area contributed by atoms with Crippen LogP contribution >= 0.6 is 11.8 Å². The topological polar surface area (TPSA) is 46.5 Å². The quantitative estimate of drug-likeness (QED) is 0.455. The third kappa shape index (κ3) is 17.8. The van der Waals surface area contributed by atoms with Crippen molar-refractivity contribution in [3.05, 3.63) is 0 Å². The largest absolute Gasteiger partial charge is 0.481 e. The number of hydrogen-bond donors (Lipinski definition) is 1. The van der Waals surface area contributed by atoms with Gasteiger partial charge in [-0.1, -0.05) is 44.9 Å². The molecule has 4 heteroatoms. The predicted octanol–water partition coefficient (Wildman–Crippen LogP) is 4.35. The van der Waals surface area contributed by atoms with Gasteiger partial charge in [0.05, 0.1) is 6.61 Å².